The molecule has 3 heterocycles. The fourth-order valence-corrected chi connectivity index (χ4v) is 6.02. The molecule has 2 aromatic carbocycles. The van der Waals surface area contributed by atoms with Gasteiger partial charge in [-0.1, -0.05) is 36.4 Å². The van der Waals surface area contributed by atoms with Gasteiger partial charge in [0.15, 0.2) is 15.5 Å². The maximum absolute atomic E-state index is 12.9. The van der Waals surface area contributed by atoms with Gasteiger partial charge in [0.1, 0.15) is 11.6 Å². The van der Waals surface area contributed by atoms with Crippen molar-refractivity contribution in [2.75, 3.05) is 16.8 Å². The second-order valence-electron chi connectivity index (χ2n) is 8.38. The minimum atomic E-state index is -3.06. The number of hydrogen-bond donors (Lipinski definition) is 1. The smallest absolute Gasteiger partial charge is 0.266 e. The average molecular weight is 472 g/mol. The quantitative estimate of drug-likeness (QED) is 0.357. The molecule has 34 heavy (non-hydrogen) atoms. The lowest BCUT2D eigenvalue weighted by molar-refractivity contribution is -0.112. The van der Waals surface area contributed by atoms with Gasteiger partial charge in [-0.15, -0.1) is 0 Å². The summed E-state index contributed by atoms with van der Waals surface area (Å²) < 4.78 is 25.5. The van der Waals surface area contributed by atoms with E-state index in [2.05, 4.69) is 15.4 Å². The number of benzene rings is 2. The van der Waals surface area contributed by atoms with Crippen molar-refractivity contribution in [1.29, 1.82) is 5.26 Å². The number of carbonyl (C=O) groups excluding carboxylic acids is 1. The van der Waals surface area contributed by atoms with E-state index in [9.17, 15) is 18.5 Å². The van der Waals surface area contributed by atoms with Crippen LogP contribution in [0, 0.1) is 18.3 Å². The van der Waals surface area contributed by atoms with Crippen LogP contribution in [0.3, 0.4) is 0 Å². The summed E-state index contributed by atoms with van der Waals surface area (Å²) in [5.74, 6) is -0.307. The van der Waals surface area contributed by atoms with Crippen LogP contribution in [0.25, 0.3) is 27.9 Å². The molecule has 0 saturated carbocycles. The minimum absolute atomic E-state index is 0.0546. The Morgan fingerprint density at radius 3 is 2.76 bits per heavy atom. The van der Waals surface area contributed by atoms with E-state index in [0.29, 0.717) is 29.0 Å². The second kappa shape index (κ2) is 8.39. The minimum Gasteiger partial charge on any atom is -0.321 e. The summed E-state index contributed by atoms with van der Waals surface area (Å²) in [6, 6.07) is 16.8. The molecule has 9 heteroatoms. The predicted octanol–water partition coefficient (Wildman–Crippen LogP) is 3.80. The number of nitrogens with zero attached hydrogens (tertiary/aromatic N) is 4. The highest BCUT2D eigenvalue weighted by Gasteiger charge is 2.31. The van der Waals surface area contributed by atoms with Gasteiger partial charge < -0.3 is 5.32 Å². The first kappa shape index (κ1) is 21.8. The van der Waals surface area contributed by atoms with E-state index in [-0.39, 0.29) is 23.1 Å². The number of nitriles is 1. The first-order chi connectivity index (χ1) is 16.3. The predicted molar refractivity (Wildman–Crippen MR) is 131 cm³/mol. The molecule has 0 bridgehead atoms. The molecule has 5 rings (SSSR count). The molecule has 170 valence electrons. The molecule has 0 radical (unpaired) electrons. The monoisotopic (exact) mass is 471 g/mol. The summed E-state index contributed by atoms with van der Waals surface area (Å²) in [4.78, 5) is 17.4. The molecule has 8 nitrogen and oxygen atoms in total. The molecule has 1 atom stereocenters. The molecule has 2 aromatic heterocycles. The summed E-state index contributed by atoms with van der Waals surface area (Å²) in [5, 5.41) is 19.6. The van der Waals surface area contributed by atoms with Crippen molar-refractivity contribution < 1.29 is 13.2 Å². The van der Waals surface area contributed by atoms with Gasteiger partial charge in [0.2, 0.25) is 0 Å². The van der Waals surface area contributed by atoms with Crippen molar-refractivity contribution in [3.05, 3.63) is 71.6 Å². The molecule has 1 fully saturated rings. The maximum atomic E-state index is 12.9. The zero-order valence-electron chi connectivity index (χ0n) is 18.4. The van der Waals surface area contributed by atoms with Gasteiger partial charge in [0, 0.05) is 22.7 Å². The number of pyridine rings is 1. The Kier molecular flexibility index (Phi) is 5.38. The van der Waals surface area contributed by atoms with E-state index in [4.69, 9.17) is 0 Å². The van der Waals surface area contributed by atoms with Gasteiger partial charge in [0.25, 0.3) is 5.91 Å². The number of anilines is 1. The van der Waals surface area contributed by atoms with Crippen molar-refractivity contribution in [3.8, 4) is 6.07 Å². The summed E-state index contributed by atoms with van der Waals surface area (Å²) >= 11 is 0. The Hall–Kier alpha value is -4.03. The van der Waals surface area contributed by atoms with Crippen LogP contribution in [-0.2, 0) is 14.6 Å². The van der Waals surface area contributed by atoms with Crippen molar-refractivity contribution in [3.63, 3.8) is 0 Å². The third kappa shape index (κ3) is 4.04. The Morgan fingerprint density at radius 2 is 2.00 bits per heavy atom. The number of hydrogen-bond acceptors (Lipinski definition) is 6. The largest absolute Gasteiger partial charge is 0.321 e. The number of rotatable bonds is 4. The van der Waals surface area contributed by atoms with Crippen molar-refractivity contribution in [2.24, 2.45) is 0 Å². The summed E-state index contributed by atoms with van der Waals surface area (Å²) in [6.45, 7) is 1.83. The Balaban J connectivity index is 1.45. The van der Waals surface area contributed by atoms with E-state index in [1.54, 1.807) is 16.9 Å². The van der Waals surface area contributed by atoms with Gasteiger partial charge >= 0.3 is 0 Å². The topological polar surface area (TPSA) is 118 Å². The molecule has 0 unspecified atom stereocenters. The highest BCUT2D eigenvalue weighted by Crippen LogP contribution is 2.28. The summed E-state index contributed by atoms with van der Waals surface area (Å²) in [7, 11) is -3.06. The number of aryl methyl sites for hydroxylation is 1. The van der Waals surface area contributed by atoms with Crippen LogP contribution in [-0.4, -0.2) is 40.6 Å². The molecule has 0 spiro atoms. The lowest BCUT2D eigenvalue weighted by Crippen LogP contribution is -2.13. The number of aromatic nitrogens is 3. The van der Waals surface area contributed by atoms with Crippen LogP contribution in [0.15, 0.2) is 60.3 Å². The van der Waals surface area contributed by atoms with Crippen molar-refractivity contribution >= 4 is 49.3 Å². The molecule has 4 aromatic rings. The zero-order valence-corrected chi connectivity index (χ0v) is 19.2. The Bertz CT molecular complexity index is 1620. The number of amides is 1. The third-order valence-corrected chi connectivity index (χ3v) is 7.77. The highest BCUT2D eigenvalue weighted by atomic mass is 32.2. The number of carbonyl (C=O) groups is 1. The third-order valence-electron chi connectivity index (χ3n) is 6.02. The number of nitrogens with one attached hydrogen (secondary N) is 1. The first-order valence-corrected chi connectivity index (χ1v) is 12.6. The Labute approximate surface area is 196 Å². The number of fused-ring (bicyclic) bond motifs is 2. The van der Waals surface area contributed by atoms with Gasteiger partial charge in [0.05, 0.1) is 23.2 Å². The lowest BCUT2D eigenvalue weighted by Gasteiger charge is -2.09. The molecule has 1 amide bonds. The van der Waals surface area contributed by atoms with Gasteiger partial charge in [-0.2, -0.15) is 10.4 Å². The SMILES string of the molecule is Cc1nn([C@H]2CCS(=O)(=O)C2)c2ncc(/C=C(\C#N)C(=O)Nc3cccc4ccccc34)cc12. The standard InChI is InChI=1S/C25H21N5O3S/c1-16-22-12-17(14-27-24(22)30(29-16)20-9-10-34(32,33)15-20)11-19(13-26)25(31)28-23-8-4-6-18-5-2-3-7-21(18)23/h2-8,11-12,14,20H,9-10,15H2,1H3,(H,28,31)/b19-11+/t20-/m0/s1. The van der Waals surface area contributed by atoms with Gasteiger partial charge in [-0.05, 0) is 42.5 Å². The fraction of sp³-hybridized carbons (Fsp3) is 0.200. The molecular formula is C25H21N5O3S. The van der Waals surface area contributed by atoms with Crippen LogP contribution in [0.2, 0.25) is 0 Å². The van der Waals surface area contributed by atoms with Gasteiger partial charge in [-0.25, -0.2) is 18.1 Å². The Morgan fingerprint density at radius 1 is 1.21 bits per heavy atom. The van der Waals surface area contributed by atoms with Gasteiger partial charge in [-0.3, -0.25) is 4.79 Å². The fourth-order valence-electron chi connectivity index (χ4n) is 4.33. The molecule has 0 aliphatic carbocycles. The van der Waals surface area contributed by atoms with E-state index in [1.165, 1.54) is 6.08 Å². The summed E-state index contributed by atoms with van der Waals surface area (Å²) in [5.41, 5.74) is 2.46. The van der Waals surface area contributed by atoms with E-state index in [0.717, 1.165) is 16.2 Å². The second-order valence-corrected chi connectivity index (χ2v) is 10.6. The van der Waals surface area contributed by atoms with Crippen LogP contribution >= 0.6 is 0 Å². The van der Waals surface area contributed by atoms with Crippen LogP contribution in [0.5, 0.6) is 0 Å². The molecular weight excluding hydrogens is 450 g/mol. The molecule has 1 aliphatic rings. The normalized spacial score (nSPS) is 17.6. The average Bonchev–Trinajstić information content (AvgIpc) is 3.36. The van der Waals surface area contributed by atoms with E-state index in [1.807, 2.05) is 55.5 Å². The molecule has 1 saturated heterocycles. The highest BCUT2D eigenvalue weighted by molar-refractivity contribution is 7.91. The zero-order chi connectivity index (χ0) is 23.9. The van der Waals surface area contributed by atoms with Crippen LogP contribution < -0.4 is 5.32 Å². The van der Waals surface area contributed by atoms with Crippen molar-refractivity contribution in [1.82, 2.24) is 14.8 Å². The number of sulfone groups is 1. The first-order valence-electron chi connectivity index (χ1n) is 10.8. The summed E-state index contributed by atoms with van der Waals surface area (Å²) in [6.07, 6.45) is 3.56. The van der Waals surface area contributed by atoms with Crippen LogP contribution in [0.1, 0.15) is 23.7 Å². The van der Waals surface area contributed by atoms with E-state index < -0.39 is 15.7 Å². The maximum Gasteiger partial charge on any atom is 0.266 e. The van der Waals surface area contributed by atoms with Crippen LogP contribution in [0.4, 0.5) is 5.69 Å². The molecule has 1 aliphatic heterocycles. The van der Waals surface area contributed by atoms with E-state index >= 15 is 0 Å². The molecule has 1 N–H and O–H groups in total. The lowest BCUT2D eigenvalue weighted by atomic mass is 10.1. The van der Waals surface area contributed by atoms with Crippen molar-refractivity contribution in [2.45, 2.75) is 19.4 Å².